The first-order chi connectivity index (χ1) is 14.1. The number of piperidine rings is 1. The number of imidazole rings is 1. The molecule has 0 aromatic carbocycles. The van der Waals surface area contributed by atoms with E-state index in [1.807, 2.05) is 15.7 Å². The Morgan fingerprint density at radius 1 is 1.17 bits per heavy atom. The van der Waals surface area contributed by atoms with E-state index < -0.39 is 0 Å². The Morgan fingerprint density at radius 3 is 2.48 bits per heavy atom. The van der Waals surface area contributed by atoms with Gasteiger partial charge in [0.05, 0.1) is 6.33 Å². The van der Waals surface area contributed by atoms with E-state index in [2.05, 4.69) is 15.6 Å². The fourth-order valence-corrected chi connectivity index (χ4v) is 3.49. The Bertz CT molecular complexity index is 609. The lowest BCUT2D eigenvalue weighted by Gasteiger charge is -2.33. The van der Waals surface area contributed by atoms with E-state index in [1.54, 1.807) is 17.4 Å². The number of urea groups is 1. The van der Waals surface area contributed by atoms with Gasteiger partial charge in [-0.05, 0) is 25.2 Å². The van der Waals surface area contributed by atoms with Gasteiger partial charge in [0.2, 0.25) is 12.3 Å². The highest BCUT2D eigenvalue weighted by atomic mass is 16.2. The predicted molar refractivity (Wildman–Crippen MR) is 109 cm³/mol. The van der Waals surface area contributed by atoms with Gasteiger partial charge in [-0.2, -0.15) is 0 Å². The molecule has 0 atom stereocenters. The first-order valence-electron chi connectivity index (χ1n) is 10.3. The molecule has 10 nitrogen and oxygen atoms in total. The molecule has 2 aliphatic rings. The summed E-state index contributed by atoms with van der Waals surface area (Å²) in [5.74, 6) is 0.664. The van der Waals surface area contributed by atoms with Crippen molar-refractivity contribution in [2.24, 2.45) is 11.7 Å². The van der Waals surface area contributed by atoms with Crippen molar-refractivity contribution in [1.29, 1.82) is 0 Å². The molecule has 1 aromatic heterocycles. The molecule has 1 aromatic rings. The second kappa shape index (κ2) is 12.8. The van der Waals surface area contributed by atoms with E-state index in [0.29, 0.717) is 31.8 Å². The van der Waals surface area contributed by atoms with E-state index in [1.165, 1.54) is 0 Å². The van der Waals surface area contributed by atoms with Gasteiger partial charge in [0.1, 0.15) is 0 Å². The van der Waals surface area contributed by atoms with Crippen LogP contribution in [-0.4, -0.2) is 83.5 Å². The largest absolute Gasteiger partial charge is 0.359 e. The number of hydrogen-bond donors (Lipinski definition) is 3. The van der Waals surface area contributed by atoms with Gasteiger partial charge >= 0.3 is 6.03 Å². The zero-order valence-corrected chi connectivity index (χ0v) is 17.0. The Morgan fingerprint density at radius 2 is 1.90 bits per heavy atom. The van der Waals surface area contributed by atoms with Crippen molar-refractivity contribution < 1.29 is 14.4 Å². The Balaban J connectivity index is 0.000000234. The van der Waals surface area contributed by atoms with Gasteiger partial charge in [-0.15, -0.1) is 0 Å². The van der Waals surface area contributed by atoms with Gasteiger partial charge in [0.25, 0.3) is 0 Å². The first kappa shape index (κ1) is 22.7. The van der Waals surface area contributed by atoms with Crippen molar-refractivity contribution in [2.75, 3.05) is 45.8 Å². The maximum absolute atomic E-state index is 12.1. The van der Waals surface area contributed by atoms with Crippen LogP contribution in [0.4, 0.5) is 4.79 Å². The average Bonchev–Trinajstić information content (AvgIpc) is 3.26. The summed E-state index contributed by atoms with van der Waals surface area (Å²) in [5, 5.41) is 5.84. The van der Waals surface area contributed by atoms with E-state index >= 15 is 0 Å². The van der Waals surface area contributed by atoms with E-state index in [9.17, 15) is 14.4 Å². The van der Waals surface area contributed by atoms with Crippen LogP contribution >= 0.6 is 0 Å². The molecule has 0 spiro atoms. The summed E-state index contributed by atoms with van der Waals surface area (Å²) in [4.78, 5) is 40.4. The summed E-state index contributed by atoms with van der Waals surface area (Å²) in [5.41, 5.74) is 5.24. The molecule has 0 bridgehead atoms. The molecule has 3 rings (SSSR count). The van der Waals surface area contributed by atoms with Crippen LogP contribution in [-0.2, 0) is 16.1 Å². The molecule has 0 aliphatic carbocycles. The van der Waals surface area contributed by atoms with Gasteiger partial charge in [-0.1, -0.05) is 0 Å². The summed E-state index contributed by atoms with van der Waals surface area (Å²) in [6.07, 6.45) is 9.46. The summed E-state index contributed by atoms with van der Waals surface area (Å²) < 4.78 is 1.98. The summed E-state index contributed by atoms with van der Waals surface area (Å²) in [6, 6.07) is -0.345. The molecule has 0 saturated carbocycles. The van der Waals surface area contributed by atoms with Crippen LogP contribution < -0.4 is 16.4 Å². The number of amides is 4. The normalized spacial score (nSPS) is 17.2. The third-order valence-corrected chi connectivity index (χ3v) is 5.24. The molecule has 2 fully saturated rings. The molecule has 10 heteroatoms. The quantitative estimate of drug-likeness (QED) is 0.420. The van der Waals surface area contributed by atoms with Crippen LogP contribution in [0.5, 0.6) is 0 Å². The number of nitrogens with zero attached hydrogens (tertiary/aromatic N) is 4. The van der Waals surface area contributed by atoms with Crippen molar-refractivity contribution in [1.82, 2.24) is 30.0 Å². The standard InChI is InChI=1S/C12H22N4O2.C7H11N3O/c13-12(18)16-5-1-10(2-6-16)9-11(17)15-7-3-14-4-8-15;11-7-9-2-1-4-10-5-3-8-6-10/h10,14H,1-9H2,(H2,13,18);3,5-7H,1-2,4H2,(H,9,11). The third kappa shape index (κ3) is 8.51. The Kier molecular flexibility index (Phi) is 9.98. The lowest BCUT2D eigenvalue weighted by Crippen LogP contribution is -2.47. The molecular weight excluding hydrogens is 374 g/mol. The first-order valence-corrected chi connectivity index (χ1v) is 10.3. The van der Waals surface area contributed by atoms with Crippen LogP contribution in [0.3, 0.4) is 0 Å². The molecule has 0 radical (unpaired) electrons. The molecule has 4 N–H and O–H groups in total. The van der Waals surface area contributed by atoms with Gasteiger partial charge < -0.3 is 30.7 Å². The SMILES string of the molecule is NC(=O)N1CCC(CC(=O)N2CCNCC2)CC1.O=CNCCCn1ccnc1. The fraction of sp³-hybridized carbons (Fsp3) is 0.684. The molecule has 4 amide bonds. The van der Waals surface area contributed by atoms with E-state index in [-0.39, 0.29) is 11.9 Å². The highest BCUT2D eigenvalue weighted by molar-refractivity contribution is 5.76. The number of likely N-dealkylation sites (tertiary alicyclic amines) is 1. The molecule has 0 unspecified atom stereocenters. The fourth-order valence-electron chi connectivity index (χ4n) is 3.49. The number of carbonyl (C=O) groups is 3. The number of carbonyl (C=O) groups excluding carboxylic acids is 3. The Hall–Kier alpha value is -2.62. The molecule has 162 valence electrons. The lowest BCUT2D eigenvalue weighted by molar-refractivity contribution is -0.133. The number of rotatable bonds is 7. The third-order valence-electron chi connectivity index (χ3n) is 5.24. The maximum atomic E-state index is 12.1. The molecule has 29 heavy (non-hydrogen) atoms. The highest BCUT2D eigenvalue weighted by Crippen LogP contribution is 2.21. The Labute approximate surface area is 171 Å². The summed E-state index contributed by atoms with van der Waals surface area (Å²) >= 11 is 0. The van der Waals surface area contributed by atoms with Crippen molar-refractivity contribution in [3.63, 3.8) is 0 Å². The van der Waals surface area contributed by atoms with E-state index in [0.717, 1.165) is 58.5 Å². The van der Waals surface area contributed by atoms with Crippen LogP contribution in [0.2, 0.25) is 0 Å². The van der Waals surface area contributed by atoms with Crippen LogP contribution in [0.15, 0.2) is 18.7 Å². The van der Waals surface area contributed by atoms with Crippen molar-refractivity contribution in [2.45, 2.75) is 32.2 Å². The number of hydrogen-bond acceptors (Lipinski definition) is 5. The summed E-state index contributed by atoms with van der Waals surface area (Å²) in [6.45, 7) is 6.43. The number of primary amides is 1. The van der Waals surface area contributed by atoms with Gasteiger partial charge in [0.15, 0.2) is 0 Å². The van der Waals surface area contributed by atoms with Crippen LogP contribution in [0, 0.1) is 5.92 Å². The smallest absolute Gasteiger partial charge is 0.314 e. The monoisotopic (exact) mass is 407 g/mol. The van der Waals surface area contributed by atoms with E-state index in [4.69, 9.17) is 5.73 Å². The van der Waals surface area contributed by atoms with Gasteiger partial charge in [0, 0.05) is 71.2 Å². The molecular formula is C19H33N7O3. The topological polar surface area (TPSA) is 126 Å². The zero-order valence-electron chi connectivity index (χ0n) is 17.0. The minimum absolute atomic E-state index is 0.258. The lowest BCUT2D eigenvalue weighted by atomic mass is 9.93. The number of aromatic nitrogens is 2. The second-order valence-corrected chi connectivity index (χ2v) is 7.33. The number of piperazine rings is 1. The van der Waals surface area contributed by atoms with Gasteiger partial charge in [-0.25, -0.2) is 9.78 Å². The maximum Gasteiger partial charge on any atom is 0.314 e. The molecule has 2 aliphatic heterocycles. The molecule has 3 heterocycles. The minimum atomic E-state index is -0.345. The van der Waals surface area contributed by atoms with Crippen molar-refractivity contribution in [3.05, 3.63) is 18.7 Å². The summed E-state index contributed by atoms with van der Waals surface area (Å²) in [7, 11) is 0. The molecule has 2 saturated heterocycles. The van der Waals surface area contributed by atoms with Crippen LogP contribution in [0.25, 0.3) is 0 Å². The zero-order chi connectivity index (χ0) is 20.9. The number of aryl methyl sites for hydroxylation is 1. The van der Waals surface area contributed by atoms with Gasteiger partial charge in [-0.3, -0.25) is 9.59 Å². The van der Waals surface area contributed by atoms with Crippen molar-refractivity contribution >= 4 is 18.3 Å². The average molecular weight is 408 g/mol. The minimum Gasteiger partial charge on any atom is -0.359 e. The number of nitrogens with two attached hydrogens (primary N) is 1. The van der Waals surface area contributed by atoms with Crippen LogP contribution in [0.1, 0.15) is 25.7 Å². The number of nitrogens with one attached hydrogen (secondary N) is 2. The second-order valence-electron chi connectivity index (χ2n) is 7.33. The highest BCUT2D eigenvalue weighted by Gasteiger charge is 2.25. The predicted octanol–water partition coefficient (Wildman–Crippen LogP) is -0.382. The van der Waals surface area contributed by atoms with Crippen molar-refractivity contribution in [3.8, 4) is 0 Å².